The third-order valence-electron chi connectivity index (χ3n) is 4.58. The van der Waals surface area contributed by atoms with Gasteiger partial charge < -0.3 is 10.4 Å². The molecule has 3 aromatic carbocycles. The summed E-state index contributed by atoms with van der Waals surface area (Å²) in [7, 11) is -3.71. The van der Waals surface area contributed by atoms with Gasteiger partial charge in [-0.2, -0.15) is 0 Å². The van der Waals surface area contributed by atoms with Crippen LogP contribution in [0.3, 0.4) is 0 Å². The fourth-order valence-corrected chi connectivity index (χ4v) is 5.21. The molecule has 6 nitrogen and oxygen atoms in total. The minimum absolute atomic E-state index is 0.0240. The van der Waals surface area contributed by atoms with Crippen molar-refractivity contribution in [3.8, 4) is 16.3 Å². The number of aromatic hydroxyl groups is 1. The van der Waals surface area contributed by atoms with E-state index >= 15 is 0 Å². The smallest absolute Gasteiger partial charge is 0.225 e. The zero-order chi connectivity index (χ0) is 22.0. The number of aromatic nitrogens is 1. The van der Waals surface area contributed by atoms with Gasteiger partial charge in [-0.25, -0.2) is 17.8 Å². The SMILES string of the molecule is O=C(CCS(=O)(=O)c1ccc(F)cc1)Nc1ccc(O)c(-c2nc3ccccc3s2)c1. The number of nitrogens with zero attached hydrogens (tertiary/aromatic N) is 1. The number of anilines is 1. The summed E-state index contributed by atoms with van der Waals surface area (Å²) < 4.78 is 38.6. The number of benzene rings is 3. The topological polar surface area (TPSA) is 96.4 Å². The van der Waals surface area contributed by atoms with E-state index in [0.717, 1.165) is 22.3 Å². The number of nitrogens with one attached hydrogen (secondary N) is 1. The molecule has 0 aliphatic rings. The van der Waals surface area contributed by atoms with E-state index in [1.165, 1.54) is 35.6 Å². The van der Waals surface area contributed by atoms with Gasteiger partial charge in [-0.3, -0.25) is 4.79 Å². The standard InChI is InChI=1S/C22H17FN2O4S2/c23-14-5-8-16(9-6-14)31(28,29)12-11-21(27)24-15-7-10-19(26)17(13-15)22-25-18-3-1-2-4-20(18)30-22/h1-10,13,26H,11-12H2,(H,24,27). The Bertz CT molecular complexity index is 1330. The van der Waals surface area contributed by atoms with Crippen molar-refractivity contribution >= 4 is 43.0 Å². The van der Waals surface area contributed by atoms with Crippen LogP contribution in [0.4, 0.5) is 10.1 Å². The van der Waals surface area contributed by atoms with E-state index in [1.54, 1.807) is 6.07 Å². The van der Waals surface area contributed by atoms with Crippen molar-refractivity contribution in [1.82, 2.24) is 4.98 Å². The van der Waals surface area contributed by atoms with Crippen molar-refractivity contribution in [1.29, 1.82) is 0 Å². The van der Waals surface area contributed by atoms with Crippen molar-refractivity contribution in [2.45, 2.75) is 11.3 Å². The molecule has 9 heteroatoms. The molecule has 4 aromatic rings. The van der Waals surface area contributed by atoms with Crippen molar-refractivity contribution in [2.75, 3.05) is 11.1 Å². The zero-order valence-corrected chi connectivity index (χ0v) is 17.7. The number of phenolic OH excluding ortho intramolecular Hbond substituents is 1. The first-order valence-electron chi connectivity index (χ1n) is 9.29. The molecule has 0 spiro atoms. The van der Waals surface area contributed by atoms with Crippen LogP contribution in [0.2, 0.25) is 0 Å². The molecule has 4 rings (SSSR count). The molecule has 0 atom stereocenters. The van der Waals surface area contributed by atoms with E-state index in [0.29, 0.717) is 16.3 Å². The van der Waals surface area contributed by atoms with Crippen LogP contribution in [0.1, 0.15) is 6.42 Å². The molecule has 0 saturated carbocycles. The van der Waals surface area contributed by atoms with Crippen LogP contribution in [0.5, 0.6) is 5.75 Å². The number of thiazole rings is 1. The Morgan fingerprint density at radius 1 is 1.06 bits per heavy atom. The second kappa shape index (κ2) is 8.44. The maximum Gasteiger partial charge on any atom is 0.225 e. The van der Waals surface area contributed by atoms with Crippen LogP contribution in [0.15, 0.2) is 71.6 Å². The summed E-state index contributed by atoms with van der Waals surface area (Å²) in [4.78, 5) is 16.8. The summed E-state index contributed by atoms with van der Waals surface area (Å²) >= 11 is 1.41. The number of sulfone groups is 1. The van der Waals surface area contributed by atoms with E-state index in [4.69, 9.17) is 0 Å². The number of hydrogen-bond acceptors (Lipinski definition) is 6. The van der Waals surface area contributed by atoms with Gasteiger partial charge in [0, 0.05) is 12.1 Å². The quantitative estimate of drug-likeness (QED) is 0.326. The Labute approximate surface area is 181 Å². The number of amides is 1. The predicted octanol–water partition coefficient (Wildman–Crippen LogP) is 4.61. The lowest BCUT2D eigenvalue weighted by molar-refractivity contribution is -0.115. The number of hydrogen-bond donors (Lipinski definition) is 2. The van der Waals surface area contributed by atoms with Crippen molar-refractivity contribution in [2.24, 2.45) is 0 Å². The van der Waals surface area contributed by atoms with Gasteiger partial charge in [-0.05, 0) is 54.6 Å². The number of para-hydroxylation sites is 1. The molecule has 1 amide bonds. The summed E-state index contributed by atoms with van der Waals surface area (Å²) in [5.74, 6) is -1.41. The van der Waals surface area contributed by atoms with Crippen LogP contribution >= 0.6 is 11.3 Å². The molecule has 0 aliphatic carbocycles. The Hall–Kier alpha value is -3.30. The van der Waals surface area contributed by atoms with Gasteiger partial charge in [-0.1, -0.05) is 12.1 Å². The average molecular weight is 457 g/mol. The molecule has 0 saturated heterocycles. The first kappa shape index (κ1) is 21.0. The van der Waals surface area contributed by atoms with Crippen molar-refractivity contribution in [3.63, 3.8) is 0 Å². The van der Waals surface area contributed by atoms with Crippen molar-refractivity contribution in [3.05, 3.63) is 72.5 Å². The van der Waals surface area contributed by atoms with Gasteiger partial charge in [0.15, 0.2) is 9.84 Å². The highest BCUT2D eigenvalue weighted by Gasteiger charge is 2.17. The molecule has 0 radical (unpaired) electrons. The number of carbonyl (C=O) groups is 1. The summed E-state index contributed by atoms with van der Waals surface area (Å²) in [5, 5.41) is 13.5. The molecule has 0 fully saturated rings. The summed E-state index contributed by atoms with van der Waals surface area (Å²) in [5.41, 5.74) is 1.69. The predicted molar refractivity (Wildman–Crippen MR) is 118 cm³/mol. The molecular formula is C22H17FN2O4S2. The van der Waals surface area contributed by atoms with Crippen LogP contribution in [0.25, 0.3) is 20.8 Å². The van der Waals surface area contributed by atoms with Crippen LogP contribution in [-0.4, -0.2) is 30.2 Å². The fourth-order valence-electron chi connectivity index (χ4n) is 2.98. The lowest BCUT2D eigenvalue weighted by atomic mass is 10.2. The number of carbonyl (C=O) groups excluding carboxylic acids is 1. The summed E-state index contributed by atoms with van der Waals surface area (Å²) in [6, 6.07) is 16.6. The fraction of sp³-hybridized carbons (Fsp3) is 0.0909. The summed E-state index contributed by atoms with van der Waals surface area (Å²) in [6.07, 6.45) is -0.267. The lowest BCUT2D eigenvalue weighted by Crippen LogP contribution is -2.17. The highest BCUT2D eigenvalue weighted by molar-refractivity contribution is 7.91. The maximum absolute atomic E-state index is 13.0. The van der Waals surface area contributed by atoms with Gasteiger partial charge >= 0.3 is 0 Å². The normalized spacial score (nSPS) is 11.5. The van der Waals surface area contributed by atoms with Gasteiger partial charge in [0.1, 0.15) is 16.6 Å². The highest BCUT2D eigenvalue weighted by atomic mass is 32.2. The molecule has 0 aliphatic heterocycles. The number of rotatable bonds is 6. The van der Waals surface area contributed by atoms with Gasteiger partial charge in [0.2, 0.25) is 5.91 Å². The monoisotopic (exact) mass is 456 g/mol. The summed E-state index contributed by atoms with van der Waals surface area (Å²) in [6.45, 7) is 0. The first-order valence-corrected chi connectivity index (χ1v) is 11.8. The van der Waals surface area contributed by atoms with Crippen LogP contribution < -0.4 is 5.32 Å². The molecule has 1 aromatic heterocycles. The average Bonchev–Trinajstić information content (AvgIpc) is 3.18. The van der Waals surface area contributed by atoms with E-state index in [1.807, 2.05) is 24.3 Å². The molecule has 1 heterocycles. The van der Waals surface area contributed by atoms with Gasteiger partial charge in [0.25, 0.3) is 0 Å². The third-order valence-corrected chi connectivity index (χ3v) is 7.38. The maximum atomic E-state index is 13.0. The second-order valence-corrected chi connectivity index (χ2v) is 9.93. The Balaban J connectivity index is 1.47. The van der Waals surface area contributed by atoms with E-state index in [-0.39, 0.29) is 17.1 Å². The number of halogens is 1. The molecule has 158 valence electrons. The number of phenols is 1. The highest BCUT2D eigenvalue weighted by Crippen LogP contribution is 2.36. The molecular weight excluding hydrogens is 439 g/mol. The first-order chi connectivity index (χ1) is 14.8. The number of fused-ring (bicyclic) bond motifs is 1. The molecule has 0 bridgehead atoms. The molecule has 2 N–H and O–H groups in total. The molecule has 31 heavy (non-hydrogen) atoms. The second-order valence-electron chi connectivity index (χ2n) is 6.79. The van der Waals surface area contributed by atoms with E-state index < -0.39 is 27.3 Å². The van der Waals surface area contributed by atoms with Crippen LogP contribution in [-0.2, 0) is 14.6 Å². The largest absolute Gasteiger partial charge is 0.507 e. The van der Waals surface area contributed by atoms with E-state index in [2.05, 4.69) is 10.3 Å². The van der Waals surface area contributed by atoms with Crippen LogP contribution in [0, 0.1) is 5.82 Å². The van der Waals surface area contributed by atoms with Crippen molar-refractivity contribution < 1.29 is 22.7 Å². The minimum Gasteiger partial charge on any atom is -0.507 e. The Kier molecular flexibility index (Phi) is 5.71. The zero-order valence-electron chi connectivity index (χ0n) is 16.1. The minimum atomic E-state index is -3.71. The lowest BCUT2D eigenvalue weighted by Gasteiger charge is -2.09. The Morgan fingerprint density at radius 3 is 2.55 bits per heavy atom. The van der Waals surface area contributed by atoms with E-state index in [9.17, 15) is 22.7 Å². The Morgan fingerprint density at radius 2 is 1.81 bits per heavy atom. The molecule has 0 unspecified atom stereocenters. The van der Waals surface area contributed by atoms with Gasteiger partial charge in [-0.15, -0.1) is 11.3 Å². The third kappa shape index (κ3) is 4.73. The van der Waals surface area contributed by atoms with Gasteiger partial charge in [0.05, 0.1) is 26.4 Å².